The van der Waals surface area contributed by atoms with Crippen LogP contribution in [0.5, 0.6) is 0 Å². The zero-order valence-electron chi connectivity index (χ0n) is 13.8. The second-order valence-electron chi connectivity index (χ2n) is 6.11. The van der Waals surface area contributed by atoms with Crippen molar-refractivity contribution in [3.63, 3.8) is 0 Å². The predicted molar refractivity (Wildman–Crippen MR) is 93.0 cm³/mol. The zero-order valence-corrected chi connectivity index (χ0v) is 14.6. The molecule has 1 aliphatic heterocycles. The molecular formula is C17H22ClN5O. The highest BCUT2D eigenvalue weighted by molar-refractivity contribution is 6.33. The molecule has 2 aromatic rings. The van der Waals surface area contributed by atoms with Gasteiger partial charge in [-0.05, 0) is 25.0 Å². The van der Waals surface area contributed by atoms with Crippen LogP contribution in [0.25, 0.3) is 0 Å². The Kier molecular flexibility index (Phi) is 5.48. The van der Waals surface area contributed by atoms with Gasteiger partial charge in [-0.15, -0.1) is 0 Å². The largest absolute Gasteiger partial charge is 0.339 e. The van der Waals surface area contributed by atoms with E-state index in [0.29, 0.717) is 10.6 Å². The van der Waals surface area contributed by atoms with Crippen LogP contribution in [-0.4, -0.2) is 63.2 Å². The molecule has 0 N–H and O–H groups in total. The third kappa shape index (κ3) is 3.94. The first-order chi connectivity index (χ1) is 11.6. The number of nitrogens with zero attached hydrogens (tertiary/aromatic N) is 5. The van der Waals surface area contributed by atoms with Crippen LogP contribution in [0.1, 0.15) is 23.2 Å². The molecule has 1 amide bonds. The molecule has 128 valence electrons. The SMILES string of the molecule is CN(C(=O)c1ccncc1Cl)C1CCN(CCn2cccn2)CC1. The molecule has 1 saturated heterocycles. The third-order valence-corrected chi connectivity index (χ3v) is 4.93. The van der Waals surface area contributed by atoms with Gasteiger partial charge in [-0.1, -0.05) is 11.6 Å². The molecule has 6 nitrogen and oxygen atoms in total. The van der Waals surface area contributed by atoms with Gasteiger partial charge < -0.3 is 9.80 Å². The van der Waals surface area contributed by atoms with Crippen molar-refractivity contribution in [1.82, 2.24) is 24.6 Å². The summed E-state index contributed by atoms with van der Waals surface area (Å²) in [4.78, 5) is 20.8. The fraction of sp³-hybridized carbons (Fsp3) is 0.471. The molecule has 2 aromatic heterocycles. The molecule has 0 saturated carbocycles. The van der Waals surface area contributed by atoms with E-state index in [4.69, 9.17) is 11.6 Å². The molecular weight excluding hydrogens is 326 g/mol. The minimum atomic E-state index is -0.0302. The van der Waals surface area contributed by atoms with E-state index in [2.05, 4.69) is 15.0 Å². The summed E-state index contributed by atoms with van der Waals surface area (Å²) in [5.41, 5.74) is 0.523. The predicted octanol–water partition coefficient (Wildman–Crippen LogP) is 2.17. The molecule has 0 unspecified atom stereocenters. The Morgan fingerprint density at radius 3 is 2.79 bits per heavy atom. The van der Waals surface area contributed by atoms with Crippen LogP contribution in [-0.2, 0) is 6.54 Å². The fourth-order valence-electron chi connectivity index (χ4n) is 3.11. The van der Waals surface area contributed by atoms with E-state index in [1.54, 1.807) is 18.5 Å². The lowest BCUT2D eigenvalue weighted by molar-refractivity contribution is 0.0639. The highest BCUT2D eigenvalue weighted by atomic mass is 35.5. The Labute approximate surface area is 147 Å². The van der Waals surface area contributed by atoms with Crippen LogP contribution >= 0.6 is 11.6 Å². The summed E-state index contributed by atoms with van der Waals surface area (Å²) in [6.45, 7) is 3.88. The Bertz CT molecular complexity index is 667. The normalized spacial score (nSPS) is 16.2. The fourth-order valence-corrected chi connectivity index (χ4v) is 3.31. The Morgan fingerprint density at radius 1 is 1.33 bits per heavy atom. The van der Waals surface area contributed by atoms with E-state index in [1.165, 1.54) is 6.20 Å². The minimum Gasteiger partial charge on any atom is -0.339 e. The van der Waals surface area contributed by atoms with Crippen LogP contribution in [0.15, 0.2) is 36.9 Å². The number of rotatable bonds is 5. The quantitative estimate of drug-likeness (QED) is 0.831. The lowest BCUT2D eigenvalue weighted by Crippen LogP contribution is -2.46. The van der Waals surface area contributed by atoms with Gasteiger partial charge in [-0.25, -0.2) is 0 Å². The standard InChI is InChI=1S/C17H22ClN5O/c1-21(17(24)15-3-7-19-13-16(15)18)14-4-9-22(10-5-14)11-12-23-8-2-6-20-23/h2-3,6-8,13-14H,4-5,9-12H2,1H3. The van der Waals surface area contributed by atoms with Crippen molar-refractivity contribution in [2.75, 3.05) is 26.7 Å². The van der Waals surface area contributed by atoms with Crippen molar-refractivity contribution in [1.29, 1.82) is 0 Å². The second-order valence-corrected chi connectivity index (χ2v) is 6.52. The summed E-state index contributed by atoms with van der Waals surface area (Å²) >= 11 is 6.09. The summed E-state index contributed by atoms with van der Waals surface area (Å²) < 4.78 is 1.95. The molecule has 1 fully saturated rings. The number of halogens is 1. The summed E-state index contributed by atoms with van der Waals surface area (Å²) in [5.74, 6) is -0.0302. The molecule has 3 heterocycles. The third-order valence-electron chi connectivity index (χ3n) is 4.63. The number of aromatic nitrogens is 3. The smallest absolute Gasteiger partial charge is 0.255 e. The van der Waals surface area contributed by atoms with Gasteiger partial charge in [0, 0.05) is 57.5 Å². The minimum absolute atomic E-state index is 0.0302. The number of hydrogen-bond acceptors (Lipinski definition) is 4. The molecule has 24 heavy (non-hydrogen) atoms. The lowest BCUT2D eigenvalue weighted by Gasteiger charge is -2.36. The summed E-state index contributed by atoms with van der Waals surface area (Å²) in [6.07, 6.45) is 8.86. The maximum absolute atomic E-state index is 12.6. The van der Waals surface area contributed by atoms with Crippen LogP contribution in [0, 0.1) is 0 Å². The number of pyridine rings is 1. The van der Waals surface area contributed by atoms with Gasteiger partial charge in [-0.3, -0.25) is 14.5 Å². The maximum atomic E-state index is 12.6. The van der Waals surface area contributed by atoms with Gasteiger partial charge in [0.2, 0.25) is 0 Å². The van der Waals surface area contributed by atoms with Crippen molar-refractivity contribution in [2.45, 2.75) is 25.4 Å². The van der Waals surface area contributed by atoms with Gasteiger partial charge in [0.25, 0.3) is 5.91 Å². The molecule has 0 radical (unpaired) electrons. The molecule has 0 spiro atoms. The molecule has 1 aliphatic rings. The van der Waals surface area contributed by atoms with E-state index >= 15 is 0 Å². The first kappa shape index (κ1) is 16.9. The number of hydrogen-bond donors (Lipinski definition) is 0. The number of carbonyl (C=O) groups is 1. The number of carbonyl (C=O) groups excluding carboxylic acids is 1. The van der Waals surface area contributed by atoms with Crippen molar-refractivity contribution in [2.24, 2.45) is 0 Å². The zero-order chi connectivity index (χ0) is 16.9. The maximum Gasteiger partial charge on any atom is 0.255 e. The highest BCUT2D eigenvalue weighted by Gasteiger charge is 2.26. The average Bonchev–Trinajstić information content (AvgIpc) is 3.13. The Balaban J connectivity index is 1.50. The highest BCUT2D eigenvalue weighted by Crippen LogP contribution is 2.20. The molecule has 0 aliphatic carbocycles. The van der Waals surface area contributed by atoms with Crippen molar-refractivity contribution in [3.05, 3.63) is 47.5 Å². The number of piperidine rings is 1. The lowest BCUT2D eigenvalue weighted by atomic mass is 10.0. The number of likely N-dealkylation sites (tertiary alicyclic amines) is 1. The van der Waals surface area contributed by atoms with Crippen molar-refractivity contribution < 1.29 is 4.79 Å². The van der Waals surface area contributed by atoms with Crippen LogP contribution in [0.3, 0.4) is 0 Å². The van der Waals surface area contributed by atoms with Gasteiger partial charge in [0.15, 0.2) is 0 Å². The van der Waals surface area contributed by atoms with Gasteiger partial charge in [0.1, 0.15) is 0 Å². The second kappa shape index (κ2) is 7.77. The first-order valence-electron chi connectivity index (χ1n) is 8.21. The molecule has 0 atom stereocenters. The van der Waals surface area contributed by atoms with Crippen molar-refractivity contribution >= 4 is 17.5 Å². The summed E-state index contributed by atoms with van der Waals surface area (Å²) in [6, 6.07) is 3.87. The van der Waals surface area contributed by atoms with Gasteiger partial charge in [-0.2, -0.15) is 5.10 Å². The molecule has 0 aromatic carbocycles. The molecule has 0 bridgehead atoms. The van der Waals surface area contributed by atoms with Crippen LogP contribution in [0.4, 0.5) is 0 Å². The van der Waals surface area contributed by atoms with E-state index in [9.17, 15) is 4.79 Å². The Hall–Kier alpha value is -1.92. The number of amides is 1. The molecule has 3 rings (SSSR count). The van der Waals surface area contributed by atoms with Crippen LogP contribution in [0.2, 0.25) is 5.02 Å². The summed E-state index contributed by atoms with van der Waals surface area (Å²) in [7, 11) is 1.86. The van der Waals surface area contributed by atoms with Gasteiger partial charge in [0.05, 0.1) is 17.1 Å². The van der Waals surface area contributed by atoms with E-state index in [1.807, 2.05) is 28.9 Å². The van der Waals surface area contributed by atoms with Gasteiger partial charge >= 0.3 is 0 Å². The summed E-state index contributed by atoms with van der Waals surface area (Å²) in [5, 5.41) is 4.64. The van der Waals surface area contributed by atoms with Crippen molar-refractivity contribution in [3.8, 4) is 0 Å². The van der Waals surface area contributed by atoms with E-state index in [0.717, 1.165) is 39.0 Å². The Morgan fingerprint density at radius 2 is 2.12 bits per heavy atom. The van der Waals surface area contributed by atoms with Crippen LogP contribution < -0.4 is 0 Å². The average molecular weight is 348 g/mol. The van der Waals surface area contributed by atoms with E-state index in [-0.39, 0.29) is 11.9 Å². The van der Waals surface area contributed by atoms with E-state index < -0.39 is 0 Å². The first-order valence-corrected chi connectivity index (χ1v) is 8.59. The topological polar surface area (TPSA) is 54.3 Å². The molecule has 7 heteroatoms. The monoisotopic (exact) mass is 347 g/mol.